The molecule has 0 aromatic carbocycles. The Morgan fingerprint density at radius 2 is 0.919 bits per heavy atom. The normalized spacial score (nSPS) is 19.9. The van der Waals surface area contributed by atoms with E-state index in [4.69, 9.17) is 18.9 Å². The SMILES string of the molecule is CCCCCCCCCCCCCCCCCCCCCOCC(COC1OC(CO)C(O)C(OS(=O)(=O)O)C1O)OC(=O)CCCCCCCCCCCCCCCCCC. The second-order valence-electron chi connectivity index (χ2n) is 18.1. The van der Waals surface area contributed by atoms with Crippen molar-refractivity contribution < 1.29 is 56.2 Å². The minimum absolute atomic E-state index is 0.0452. The summed E-state index contributed by atoms with van der Waals surface area (Å²) < 4.78 is 59.2. The lowest BCUT2D eigenvalue weighted by atomic mass is 9.99. The van der Waals surface area contributed by atoms with Crippen molar-refractivity contribution in [1.82, 2.24) is 0 Å². The number of carbonyl (C=O) groups is 1. The highest BCUT2D eigenvalue weighted by molar-refractivity contribution is 7.80. The fourth-order valence-corrected chi connectivity index (χ4v) is 8.83. The molecule has 1 heterocycles. The van der Waals surface area contributed by atoms with Crippen LogP contribution in [0.3, 0.4) is 0 Å². The first kappa shape index (κ1) is 59.1. The summed E-state index contributed by atoms with van der Waals surface area (Å²) in [6.07, 6.45) is 35.6. The van der Waals surface area contributed by atoms with Gasteiger partial charge in [-0.2, -0.15) is 8.42 Å². The van der Waals surface area contributed by atoms with Gasteiger partial charge in [0.05, 0.1) is 19.8 Å². The maximum Gasteiger partial charge on any atom is 0.397 e. The van der Waals surface area contributed by atoms with E-state index < -0.39 is 59.8 Å². The maximum atomic E-state index is 12.9. The fourth-order valence-electron chi connectivity index (χ4n) is 8.32. The van der Waals surface area contributed by atoms with Crippen molar-refractivity contribution in [2.45, 2.75) is 282 Å². The van der Waals surface area contributed by atoms with Gasteiger partial charge in [-0.3, -0.25) is 9.35 Å². The van der Waals surface area contributed by atoms with E-state index in [0.29, 0.717) is 13.0 Å². The van der Waals surface area contributed by atoms with E-state index in [2.05, 4.69) is 18.0 Å². The molecule has 1 aliphatic heterocycles. The van der Waals surface area contributed by atoms with Gasteiger partial charge in [0.2, 0.25) is 0 Å². The standard InChI is InChI=1S/C49H96O12S/c1-3-5-7-9-11-13-15-17-19-21-22-23-25-27-29-31-33-35-37-39-57-41-43(42-58-49-47(53)48(61-62(54,55)56)46(52)44(40-50)60-49)59-45(51)38-36-34-32-30-28-26-24-20-18-16-14-12-10-8-6-4-2/h43-44,46-50,52-53H,3-42H2,1-2H3,(H,54,55,56). The van der Waals surface area contributed by atoms with Gasteiger partial charge < -0.3 is 34.3 Å². The molecule has 13 heteroatoms. The first-order valence-electron chi connectivity index (χ1n) is 25.8. The zero-order valence-electron chi connectivity index (χ0n) is 39.7. The second kappa shape index (κ2) is 41.5. The predicted molar refractivity (Wildman–Crippen MR) is 248 cm³/mol. The topological polar surface area (TPSA) is 178 Å². The van der Waals surface area contributed by atoms with Crippen LogP contribution >= 0.6 is 0 Å². The predicted octanol–water partition coefficient (Wildman–Crippen LogP) is 11.6. The van der Waals surface area contributed by atoms with Gasteiger partial charge in [-0.05, 0) is 12.8 Å². The van der Waals surface area contributed by atoms with Gasteiger partial charge >= 0.3 is 16.4 Å². The van der Waals surface area contributed by atoms with Crippen LogP contribution in [0.5, 0.6) is 0 Å². The number of hydrogen-bond donors (Lipinski definition) is 4. The number of ether oxygens (including phenoxy) is 4. The van der Waals surface area contributed by atoms with Gasteiger partial charge in [0.1, 0.15) is 30.5 Å². The molecule has 1 aliphatic rings. The molecule has 6 unspecified atom stereocenters. The average Bonchev–Trinajstić information content (AvgIpc) is 3.24. The Kier molecular flexibility index (Phi) is 39.6. The van der Waals surface area contributed by atoms with Crippen LogP contribution in [0.15, 0.2) is 0 Å². The molecule has 0 aromatic heterocycles. The number of rotatable bonds is 46. The van der Waals surface area contributed by atoms with E-state index in [1.54, 1.807) is 0 Å². The molecule has 0 spiro atoms. The van der Waals surface area contributed by atoms with Gasteiger partial charge in [-0.1, -0.05) is 226 Å². The summed E-state index contributed by atoms with van der Waals surface area (Å²) in [7, 11) is -5.06. The Hall–Kier alpha value is -0.900. The maximum absolute atomic E-state index is 12.9. The molecule has 370 valence electrons. The molecular formula is C49H96O12S. The van der Waals surface area contributed by atoms with Crippen molar-refractivity contribution >= 4 is 16.4 Å². The lowest BCUT2D eigenvalue weighted by Gasteiger charge is -2.41. The third-order valence-electron chi connectivity index (χ3n) is 12.2. The quantitative estimate of drug-likeness (QED) is 0.0258. The van der Waals surface area contributed by atoms with Gasteiger partial charge in [0, 0.05) is 13.0 Å². The monoisotopic (exact) mass is 909 g/mol. The Bertz CT molecular complexity index is 1090. The van der Waals surface area contributed by atoms with Crippen LogP contribution in [0, 0.1) is 0 Å². The summed E-state index contributed by atoms with van der Waals surface area (Å²) in [5.74, 6) is -0.391. The van der Waals surface area contributed by atoms with Gasteiger partial charge in [0.15, 0.2) is 6.29 Å². The van der Waals surface area contributed by atoms with Crippen LogP contribution < -0.4 is 0 Å². The van der Waals surface area contributed by atoms with E-state index in [9.17, 15) is 33.1 Å². The van der Waals surface area contributed by atoms with E-state index in [-0.39, 0.29) is 19.6 Å². The summed E-state index contributed by atoms with van der Waals surface area (Å²) in [6, 6.07) is 0. The van der Waals surface area contributed by atoms with Crippen LogP contribution in [0.25, 0.3) is 0 Å². The number of unbranched alkanes of at least 4 members (excludes halogenated alkanes) is 33. The van der Waals surface area contributed by atoms with Crippen LogP contribution in [-0.2, 0) is 38.3 Å². The lowest BCUT2D eigenvalue weighted by Crippen LogP contribution is -2.60. The molecule has 0 radical (unpaired) electrons. The van der Waals surface area contributed by atoms with Crippen molar-refractivity contribution in [2.24, 2.45) is 0 Å². The highest BCUT2D eigenvalue weighted by Crippen LogP contribution is 2.26. The fraction of sp³-hybridized carbons (Fsp3) is 0.980. The molecule has 0 aromatic rings. The Morgan fingerprint density at radius 1 is 0.548 bits per heavy atom. The summed E-state index contributed by atoms with van der Waals surface area (Å²) in [5, 5.41) is 30.7. The highest BCUT2D eigenvalue weighted by atomic mass is 32.3. The minimum Gasteiger partial charge on any atom is -0.457 e. The molecule has 62 heavy (non-hydrogen) atoms. The van der Waals surface area contributed by atoms with Gasteiger partial charge in [0.25, 0.3) is 0 Å². The third kappa shape index (κ3) is 34.4. The van der Waals surface area contributed by atoms with Gasteiger partial charge in [-0.25, -0.2) is 4.18 Å². The number of hydrogen-bond acceptors (Lipinski definition) is 11. The second-order valence-corrected chi connectivity index (χ2v) is 19.2. The molecule has 1 rings (SSSR count). The molecule has 12 nitrogen and oxygen atoms in total. The van der Waals surface area contributed by atoms with E-state index >= 15 is 0 Å². The number of carbonyl (C=O) groups excluding carboxylic acids is 1. The molecular weight excluding hydrogens is 813 g/mol. The van der Waals surface area contributed by atoms with Crippen LogP contribution in [0.1, 0.15) is 245 Å². The first-order chi connectivity index (χ1) is 30.1. The summed E-state index contributed by atoms with van der Waals surface area (Å²) >= 11 is 0. The van der Waals surface area contributed by atoms with Crippen LogP contribution in [-0.4, -0.2) is 97.5 Å². The van der Waals surface area contributed by atoms with Crippen molar-refractivity contribution in [3.05, 3.63) is 0 Å². The van der Waals surface area contributed by atoms with Crippen LogP contribution in [0.2, 0.25) is 0 Å². The Labute approximate surface area is 379 Å². The lowest BCUT2D eigenvalue weighted by molar-refractivity contribution is -0.301. The minimum atomic E-state index is -5.06. The molecule has 4 N–H and O–H groups in total. The third-order valence-corrected chi connectivity index (χ3v) is 12.7. The van der Waals surface area contributed by atoms with E-state index in [1.165, 1.54) is 180 Å². The Balaban J connectivity index is 2.34. The molecule has 0 bridgehead atoms. The first-order valence-corrected chi connectivity index (χ1v) is 27.2. The summed E-state index contributed by atoms with van der Waals surface area (Å²) in [6.45, 7) is 4.06. The number of aliphatic hydroxyl groups is 3. The molecule has 0 aliphatic carbocycles. The van der Waals surface area contributed by atoms with Crippen molar-refractivity contribution in [3.8, 4) is 0 Å². The van der Waals surface area contributed by atoms with Crippen LogP contribution in [0.4, 0.5) is 0 Å². The smallest absolute Gasteiger partial charge is 0.397 e. The van der Waals surface area contributed by atoms with E-state index in [0.717, 1.165) is 38.5 Å². The summed E-state index contributed by atoms with van der Waals surface area (Å²) in [4.78, 5) is 12.9. The molecule has 0 saturated carbocycles. The Morgan fingerprint density at radius 3 is 1.29 bits per heavy atom. The summed E-state index contributed by atoms with van der Waals surface area (Å²) in [5.41, 5.74) is 0. The van der Waals surface area contributed by atoms with Gasteiger partial charge in [-0.15, -0.1) is 0 Å². The largest absolute Gasteiger partial charge is 0.457 e. The van der Waals surface area contributed by atoms with Crippen molar-refractivity contribution in [3.63, 3.8) is 0 Å². The molecule has 6 atom stereocenters. The molecule has 0 amide bonds. The van der Waals surface area contributed by atoms with Crippen molar-refractivity contribution in [1.29, 1.82) is 0 Å². The highest BCUT2D eigenvalue weighted by Gasteiger charge is 2.48. The number of esters is 1. The van der Waals surface area contributed by atoms with Crippen molar-refractivity contribution in [2.75, 3.05) is 26.4 Å². The number of aliphatic hydroxyl groups excluding tert-OH is 3. The molecule has 1 saturated heterocycles. The molecule has 1 fully saturated rings. The van der Waals surface area contributed by atoms with E-state index in [1.807, 2.05) is 0 Å². The zero-order valence-corrected chi connectivity index (χ0v) is 40.5. The zero-order chi connectivity index (χ0) is 45.4. The average molecular weight is 909 g/mol.